The van der Waals surface area contributed by atoms with Crippen molar-refractivity contribution >= 4 is 11.8 Å². The molecule has 2 heterocycles. The van der Waals surface area contributed by atoms with Gasteiger partial charge < -0.3 is 9.72 Å². The fraction of sp³-hybridized carbons (Fsp3) is 0.389. The van der Waals surface area contributed by atoms with Crippen molar-refractivity contribution in [2.45, 2.75) is 40.7 Å². The normalized spacial score (nSPS) is 10.6. The summed E-state index contributed by atoms with van der Waals surface area (Å²) in [5, 5.41) is 0. The SMILES string of the molecule is CCOC(=O)c1c(C)[nH]c(C(=O)C[n+]2ccc(CC)cc2)c1C. The number of hydrogen-bond donors (Lipinski definition) is 1. The van der Waals surface area contributed by atoms with Crippen molar-refractivity contribution in [1.82, 2.24) is 4.98 Å². The van der Waals surface area contributed by atoms with Gasteiger partial charge in [-0.05, 0) is 38.3 Å². The molecule has 0 unspecified atom stereocenters. The zero-order valence-electron chi connectivity index (χ0n) is 14.1. The molecule has 0 saturated carbocycles. The Labute approximate surface area is 136 Å². The molecule has 2 aromatic rings. The van der Waals surface area contributed by atoms with Crippen molar-refractivity contribution in [2.75, 3.05) is 6.61 Å². The number of aromatic nitrogens is 2. The molecule has 0 aliphatic carbocycles. The number of nitrogens with one attached hydrogen (secondary N) is 1. The maximum absolute atomic E-state index is 12.5. The number of ether oxygens (including phenoxy) is 1. The van der Waals surface area contributed by atoms with E-state index in [0.717, 1.165) is 6.42 Å². The van der Waals surface area contributed by atoms with E-state index in [1.807, 2.05) is 29.1 Å². The summed E-state index contributed by atoms with van der Waals surface area (Å²) >= 11 is 0. The maximum Gasteiger partial charge on any atom is 0.340 e. The Morgan fingerprint density at radius 3 is 2.39 bits per heavy atom. The molecule has 122 valence electrons. The van der Waals surface area contributed by atoms with Crippen LogP contribution in [0.15, 0.2) is 24.5 Å². The van der Waals surface area contributed by atoms with Crippen LogP contribution in [0.4, 0.5) is 0 Å². The highest BCUT2D eigenvalue weighted by Gasteiger charge is 2.24. The number of carbonyl (C=O) groups is 2. The van der Waals surface area contributed by atoms with E-state index in [2.05, 4.69) is 11.9 Å². The average molecular weight is 315 g/mol. The Bertz CT molecular complexity index is 715. The molecule has 5 heteroatoms. The molecular formula is C18H23N2O3+. The lowest BCUT2D eigenvalue weighted by Crippen LogP contribution is -2.37. The number of aryl methyl sites for hydroxylation is 2. The monoisotopic (exact) mass is 315 g/mol. The third kappa shape index (κ3) is 3.67. The van der Waals surface area contributed by atoms with Gasteiger partial charge in [0, 0.05) is 17.8 Å². The van der Waals surface area contributed by atoms with Crippen LogP contribution in [-0.2, 0) is 17.7 Å². The molecule has 5 nitrogen and oxygen atoms in total. The van der Waals surface area contributed by atoms with Crippen LogP contribution in [0.3, 0.4) is 0 Å². The summed E-state index contributed by atoms with van der Waals surface area (Å²) in [7, 11) is 0. The molecule has 0 radical (unpaired) electrons. The number of nitrogens with zero attached hydrogens (tertiary/aromatic N) is 1. The lowest BCUT2D eigenvalue weighted by Gasteiger charge is -2.02. The van der Waals surface area contributed by atoms with E-state index in [1.54, 1.807) is 20.8 Å². The smallest absolute Gasteiger partial charge is 0.340 e. The highest BCUT2D eigenvalue weighted by molar-refractivity contribution is 6.00. The number of aromatic amines is 1. The number of rotatable bonds is 6. The lowest BCUT2D eigenvalue weighted by atomic mass is 10.1. The first-order chi connectivity index (χ1) is 11.0. The number of Topliss-reactive ketones (excluding diaryl/α,β-unsaturated/α-hetero) is 1. The first kappa shape index (κ1) is 16.9. The number of hydrogen-bond acceptors (Lipinski definition) is 3. The third-order valence-corrected chi connectivity index (χ3v) is 3.89. The number of carbonyl (C=O) groups excluding carboxylic acids is 2. The van der Waals surface area contributed by atoms with Crippen LogP contribution in [-0.4, -0.2) is 23.3 Å². The molecule has 0 atom stereocenters. The van der Waals surface area contributed by atoms with Crippen LogP contribution in [0.5, 0.6) is 0 Å². The fourth-order valence-corrected chi connectivity index (χ4v) is 2.61. The van der Waals surface area contributed by atoms with Gasteiger partial charge in [0.15, 0.2) is 12.4 Å². The summed E-state index contributed by atoms with van der Waals surface area (Å²) in [4.78, 5) is 27.6. The Kier molecular flexibility index (Phi) is 5.32. The van der Waals surface area contributed by atoms with Gasteiger partial charge in [0.1, 0.15) is 0 Å². The Morgan fingerprint density at radius 2 is 1.83 bits per heavy atom. The molecule has 0 saturated heterocycles. The van der Waals surface area contributed by atoms with Crippen LogP contribution in [0.2, 0.25) is 0 Å². The molecule has 0 aliphatic rings. The molecule has 0 aliphatic heterocycles. The summed E-state index contributed by atoms with van der Waals surface area (Å²) in [5.41, 5.74) is 3.47. The van der Waals surface area contributed by atoms with Crippen LogP contribution in [0.1, 0.15) is 51.5 Å². The van der Waals surface area contributed by atoms with Crippen molar-refractivity contribution in [2.24, 2.45) is 0 Å². The van der Waals surface area contributed by atoms with Crippen LogP contribution < -0.4 is 4.57 Å². The van der Waals surface area contributed by atoms with Gasteiger partial charge in [-0.25, -0.2) is 4.79 Å². The van der Waals surface area contributed by atoms with E-state index in [9.17, 15) is 9.59 Å². The molecule has 23 heavy (non-hydrogen) atoms. The van der Waals surface area contributed by atoms with E-state index >= 15 is 0 Å². The van der Waals surface area contributed by atoms with Crippen molar-refractivity contribution < 1.29 is 18.9 Å². The molecule has 1 N–H and O–H groups in total. The second-order valence-electron chi connectivity index (χ2n) is 5.50. The fourth-order valence-electron chi connectivity index (χ4n) is 2.61. The summed E-state index contributed by atoms with van der Waals surface area (Å²) in [6.07, 6.45) is 4.76. The number of pyridine rings is 1. The molecule has 2 aromatic heterocycles. The summed E-state index contributed by atoms with van der Waals surface area (Å²) in [5.74, 6) is -0.451. The van der Waals surface area contributed by atoms with E-state index in [4.69, 9.17) is 4.74 Å². The second-order valence-corrected chi connectivity index (χ2v) is 5.50. The molecule has 2 rings (SSSR count). The van der Waals surface area contributed by atoms with Crippen molar-refractivity contribution in [3.63, 3.8) is 0 Å². The number of ketones is 1. The highest BCUT2D eigenvalue weighted by atomic mass is 16.5. The van der Waals surface area contributed by atoms with Crippen LogP contribution >= 0.6 is 0 Å². The molecule has 0 bridgehead atoms. The first-order valence-electron chi connectivity index (χ1n) is 7.85. The standard InChI is InChI=1S/C18H22N2O3/c1-5-14-7-9-20(10-8-14)11-15(21)17-12(3)16(13(4)19-17)18(22)23-6-2/h7-10H,5-6,11H2,1-4H3/p+1. The summed E-state index contributed by atoms with van der Waals surface area (Å²) in [6, 6.07) is 4.01. The van der Waals surface area contributed by atoms with Crippen LogP contribution in [0.25, 0.3) is 0 Å². The predicted octanol–water partition coefficient (Wildman–Crippen LogP) is 2.54. The van der Waals surface area contributed by atoms with Crippen LogP contribution in [0, 0.1) is 13.8 Å². The second kappa shape index (κ2) is 7.22. The van der Waals surface area contributed by atoms with E-state index in [-0.39, 0.29) is 12.3 Å². The molecule has 0 aromatic carbocycles. The number of H-pyrrole nitrogens is 1. The molecular weight excluding hydrogens is 292 g/mol. The van der Waals surface area contributed by atoms with Gasteiger partial charge >= 0.3 is 5.97 Å². The predicted molar refractivity (Wildman–Crippen MR) is 86.6 cm³/mol. The quantitative estimate of drug-likeness (QED) is 0.506. The van der Waals surface area contributed by atoms with Gasteiger partial charge in [-0.15, -0.1) is 0 Å². The molecule has 0 spiro atoms. The van der Waals surface area contributed by atoms with Crippen molar-refractivity contribution in [3.05, 3.63) is 52.6 Å². The number of esters is 1. The summed E-state index contributed by atoms with van der Waals surface area (Å²) < 4.78 is 6.89. The third-order valence-electron chi connectivity index (χ3n) is 3.89. The zero-order chi connectivity index (χ0) is 17.0. The van der Waals surface area contributed by atoms with E-state index in [0.29, 0.717) is 29.1 Å². The Balaban J connectivity index is 2.22. The molecule has 0 fully saturated rings. The average Bonchev–Trinajstić information content (AvgIpc) is 2.83. The van der Waals surface area contributed by atoms with Gasteiger partial charge in [0.25, 0.3) is 0 Å². The maximum atomic E-state index is 12.5. The topological polar surface area (TPSA) is 63.0 Å². The highest BCUT2D eigenvalue weighted by Crippen LogP contribution is 2.19. The first-order valence-corrected chi connectivity index (χ1v) is 7.85. The van der Waals surface area contributed by atoms with Gasteiger partial charge in [-0.2, -0.15) is 4.57 Å². The lowest BCUT2D eigenvalue weighted by molar-refractivity contribution is -0.683. The van der Waals surface area contributed by atoms with Crippen molar-refractivity contribution in [3.8, 4) is 0 Å². The van der Waals surface area contributed by atoms with Crippen molar-refractivity contribution in [1.29, 1.82) is 0 Å². The van der Waals surface area contributed by atoms with E-state index in [1.165, 1.54) is 5.56 Å². The zero-order valence-corrected chi connectivity index (χ0v) is 14.1. The van der Waals surface area contributed by atoms with Gasteiger partial charge in [0.2, 0.25) is 12.3 Å². The minimum absolute atomic E-state index is 0.0598. The van der Waals surface area contributed by atoms with Gasteiger partial charge in [-0.3, -0.25) is 4.79 Å². The Morgan fingerprint density at radius 1 is 1.17 bits per heavy atom. The van der Waals surface area contributed by atoms with E-state index < -0.39 is 5.97 Å². The minimum Gasteiger partial charge on any atom is -0.462 e. The van der Waals surface area contributed by atoms with Gasteiger partial charge in [-0.1, -0.05) is 6.92 Å². The molecule has 0 amide bonds. The largest absolute Gasteiger partial charge is 0.462 e. The summed E-state index contributed by atoms with van der Waals surface area (Å²) in [6.45, 7) is 7.94. The minimum atomic E-state index is -0.391. The Hall–Kier alpha value is -2.43. The van der Waals surface area contributed by atoms with Gasteiger partial charge in [0.05, 0.1) is 17.9 Å².